The summed E-state index contributed by atoms with van der Waals surface area (Å²) in [6, 6.07) is 4.33. The highest BCUT2D eigenvalue weighted by Gasteiger charge is 2.29. The van der Waals surface area contributed by atoms with Crippen LogP contribution in [0.15, 0.2) is 12.1 Å². The lowest BCUT2D eigenvalue weighted by atomic mass is 10.0. The number of nitrogens with zero attached hydrogens (tertiary/aromatic N) is 1. The number of piperidine rings is 1. The molecule has 0 spiro atoms. The van der Waals surface area contributed by atoms with Crippen molar-refractivity contribution in [2.45, 2.75) is 45.2 Å². The van der Waals surface area contributed by atoms with E-state index in [1.807, 2.05) is 11.3 Å². The summed E-state index contributed by atoms with van der Waals surface area (Å²) < 4.78 is 4.91. The van der Waals surface area contributed by atoms with E-state index in [1.54, 1.807) is 0 Å². The molecule has 0 aromatic carbocycles. The summed E-state index contributed by atoms with van der Waals surface area (Å²) in [7, 11) is 1.48. The summed E-state index contributed by atoms with van der Waals surface area (Å²) in [6.07, 6.45) is 4.32. The second-order valence-corrected chi connectivity index (χ2v) is 5.98. The van der Waals surface area contributed by atoms with Crippen LogP contribution in [0.5, 0.6) is 0 Å². The first kappa shape index (κ1) is 13.6. The van der Waals surface area contributed by atoms with Gasteiger partial charge in [0.05, 0.1) is 7.11 Å². The Bertz CT molecular complexity index is 402. The number of likely N-dealkylation sites (tertiary alicyclic amines) is 1. The van der Waals surface area contributed by atoms with Crippen molar-refractivity contribution in [1.82, 2.24) is 4.90 Å². The molecular weight excluding hydrogens is 246 g/mol. The summed E-state index contributed by atoms with van der Waals surface area (Å²) in [5, 5.41) is 0. The number of hydrogen-bond acceptors (Lipinski definition) is 4. The number of ether oxygens (including phenoxy) is 1. The van der Waals surface area contributed by atoms with Crippen LogP contribution in [0.25, 0.3) is 0 Å². The van der Waals surface area contributed by atoms with E-state index in [-0.39, 0.29) is 12.0 Å². The molecule has 1 aliphatic heterocycles. The molecule has 0 bridgehead atoms. The van der Waals surface area contributed by atoms with Crippen molar-refractivity contribution in [2.75, 3.05) is 13.7 Å². The summed E-state index contributed by atoms with van der Waals surface area (Å²) >= 11 is 1.85. The fourth-order valence-corrected chi connectivity index (χ4v) is 3.46. The molecule has 18 heavy (non-hydrogen) atoms. The Morgan fingerprint density at radius 3 is 2.89 bits per heavy atom. The Morgan fingerprint density at radius 1 is 1.44 bits per heavy atom. The normalized spacial score (nSPS) is 20.9. The predicted octanol–water partition coefficient (Wildman–Crippen LogP) is 2.84. The maximum Gasteiger partial charge on any atom is 0.323 e. The minimum Gasteiger partial charge on any atom is -0.468 e. The summed E-state index contributed by atoms with van der Waals surface area (Å²) in [5.41, 5.74) is 0. The number of carbonyl (C=O) groups excluding carboxylic acids is 1. The van der Waals surface area contributed by atoms with Gasteiger partial charge in [0, 0.05) is 16.3 Å². The standard InChI is InChI=1S/C14H21NO2S/c1-3-11-7-8-12(18-11)10-15-9-5-4-6-13(15)14(16)17-2/h7-8,13H,3-6,9-10H2,1-2H3. The van der Waals surface area contributed by atoms with Gasteiger partial charge in [-0.1, -0.05) is 13.3 Å². The molecule has 100 valence electrons. The lowest BCUT2D eigenvalue weighted by Crippen LogP contribution is -2.44. The van der Waals surface area contributed by atoms with E-state index in [0.29, 0.717) is 0 Å². The molecule has 1 atom stereocenters. The quantitative estimate of drug-likeness (QED) is 0.786. The Kier molecular flexibility index (Phi) is 4.78. The molecule has 0 N–H and O–H groups in total. The number of aryl methyl sites for hydroxylation is 1. The van der Waals surface area contributed by atoms with Gasteiger partial charge < -0.3 is 4.74 Å². The highest BCUT2D eigenvalue weighted by atomic mass is 32.1. The predicted molar refractivity (Wildman–Crippen MR) is 73.8 cm³/mol. The highest BCUT2D eigenvalue weighted by molar-refractivity contribution is 7.11. The lowest BCUT2D eigenvalue weighted by molar-refractivity contribution is -0.148. The minimum absolute atomic E-state index is 0.0454. The summed E-state index contributed by atoms with van der Waals surface area (Å²) in [5.74, 6) is -0.0815. The van der Waals surface area contributed by atoms with E-state index in [4.69, 9.17) is 4.74 Å². The molecule has 2 heterocycles. The van der Waals surface area contributed by atoms with Crippen molar-refractivity contribution in [3.63, 3.8) is 0 Å². The molecule has 0 amide bonds. The maximum absolute atomic E-state index is 11.8. The molecule has 0 aliphatic carbocycles. The summed E-state index contributed by atoms with van der Waals surface area (Å²) in [4.78, 5) is 16.8. The van der Waals surface area contributed by atoms with Crippen molar-refractivity contribution < 1.29 is 9.53 Å². The molecule has 1 aromatic heterocycles. The zero-order valence-electron chi connectivity index (χ0n) is 11.1. The van der Waals surface area contributed by atoms with E-state index in [0.717, 1.165) is 32.4 Å². The van der Waals surface area contributed by atoms with Gasteiger partial charge in [-0.25, -0.2) is 0 Å². The van der Waals surface area contributed by atoms with Crippen molar-refractivity contribution >= 4 is 17.3 Å². The van der Waals surface area contributed by atoms with Crippen molar-refractivity contribution in [1.29, 1.82) is 0 Å². The third kappa shape index (κ3) is 3.12. The van der Waals surface area contributed by atoms with Crippen LogP contribution in [0.4, 0.5) is 0 Å². The van der Waals surface area contributed by atoms with Crippen LogP contribution in [0.1, 0.15) is 35.9 Å². The van der Waals surface area contributed by atoms with Gasteiger partial charge in [-0.05, 0) is 37.9 Å². The highest BCUT2D eigenvalue weighted by Crippen LogP contribution is 2.24. The number of esters is 1. The largest absolute Gasteiger partial charge is 0.468 e. The molecule has 2 rings (SSSR count). The Balaban J connectivity index is 2.02. The third-order valence-corrected chi connectivity index (χ3v) is 4.73. The molecule has 0 saturated carbocycles. The second kappa shape index (κ2) is 6.34. The van der Waals surface area contributed by atoms with Crippen LogP contribution >= 0.6 is 11.3 Å². The van der Waals surface area contributed by atoms with Crippen LogP contribution in [-0.4, -0.2) is 30.6 Å². The molecule has 1 aliphatic rings. The van der Waals surface area contributed by atoms with Gasteiger partial charge in [-0.2, -0.15) is 0 Å². The van der Waals surface area contributed by atoms with Crippen LogP contribution in [-0.2, 0) is 22.5 Å². The number of rotatable bonds is 4. The van der Waals surface area contributed by atoms with Crippen molar-refractivity contribution in [3.05, 3.63) is 21.9 Å². The van der Waals surface area contributed by atoms with E-state index < -0.39 is 0 Å². The molecule has 0 radical (unpaired) electrons. The monoisotopic (exact) mass is 267 g/mol. The van der Waals surface area contributed by atoms with Crippen LogP contribution in [0.2, 0.25) is 0 Å². The average Bonchev–Trinajstić information content (AvgIpc) is 2.86. The second-order valence-electron chi connectivity index (χ2n) is 4.73. The molecule has 3 nitrogen and oxygen atoms in total. The van der Waals surface area contributed by atoms with E-state index in [1.165, 1.54) is 23.3 Å². The van der Waals surface area contributed by atoms with E-state index in [9.17, 15) is 4.79 Å². The van der Waals surface area contributed by atoms with Crippen LogP contribution < -0.4 is 0 Å². The van der Waals surface area contributed by atoms with Gasteiger partial charge in [-0.3, -0.25) is 9.69 Å². The van der Waals surface area contributed by atoms with Gasteiger partial charge >= 0.3 is 5.97 Å². The molecule has 1 saturated heterocycles. The van der Waals surface area contributed by atoms with Crippen molar-refractivity contribution in [3.8, 4) is 0 Å². The summed E-state index contributed by atoms with van der Waals surface area (Å²) in [6.45, 7) is 4.05. The zero-order valence-corrected chi connectivity index (χ0v) is 12.0. The zero-order chi connectivity index (χ0) is 13.0. The lowest BCUT2D eigenvalue weighted by Gasteiger charge is -2.33. The Hall–Kier alpha value is -0.870. The SMILES string of the molecule is CCc1ccc(CN2CCCCC2C(=O)OC)s1. The Morgan fingerprint density at radius 2 is 2.22 bits per heavy atom. The fraction of sp³-hybridized carbons (Fsp3) is 0.643. The van der Waals surface area contributed by atoms with Crippen LogP contribution in [0.3, 0.4) is 0 Å². The fourth-order valence-electron chi connectivity index (χ4n) is 2.48. The van der Waals surface area contributed by atoms with Gasteiger partial charge in [0.15, 0.2) is 0 Å². The topological polar surface area (TPSA) is 29.5 Å². The first-order valence-corrected chi connectivity index (χ1v) is 7.45. The van der Waals surface area contributed by atoms with Gasteiger partial charge in [0.2, 0.25) is 0 Å². The van der Waals surface area contributed by atoms with E-state index in [2.05, 4.69) is 24.0 Å². The van der Waals surface area contributed by atoms with Gasteiger partial charge in [0.25, 0.3) is 0 Å². The molecule has 1 aromatic rings. The smallest absolute Gasteiger partial charge is 0.323 e. The molecule has 4 heteroatoms. The van der Waals surface area contributed by atoms with Gasteiger partial charge in [-0.15, -0.1) is 11.3 Å². The minimum atomic E-state index is -0.0815. The molecule has 1 unspecified atom stereocenters. The Labute approximate surface area is 113 Å². The number of carbonyl (C=O) groups is 1. The van der Waals surface area contributed by atoms with E-state index >= 15 is 0 Å². The number of thiophene rings is 1. The number of hydrogen-bond donors (Lipinski definition) is 0. The molecule has 1 fully saturated rings. The van der Waals surface area contributed by atoms with Crippen molar-refractivity contribution in [2.24, 2.45) is 0 Å². The first-order chi connectivity index (χ1) is 8.74. The van der Waals surface area contributed by atoms with Gasteiger partial charge in [0.1, 0.15) is 6.04 Å². The third-order valence-electron chi connectivity index (χ3n) is 3.51. The maximum atomic E-state index is 11.8. The first-order valence-electron chi connectivity index (χ1n) is 6.64. The average molecular weight is 267 g/mol. The molecular formula is C14H21NO2S. The van der Waals surface area contributed by atoms with Crippen LogP contribution in [0, 0.1) is 0 Å². The number of methoxy groups -OCH3 is 1.